The molecule has 1 aromatic carbocycles. The Balaban J connectivity index is 2.62. The third-order valence-corrected chi connectivity index (χ3v) is 2.72. The van der Waals surface area contributed by atoms with Gasteiger partial charge in [0.2, 0.25) is 0 Å². The zero-order valence-corrected chi connectivity index (χ0v) is 8.96. The molecule has 74 valence electrons. The Hall–Kier alpha value is -1.24. The van der Waals surface area contributed by atoms with Gasteiger partial charge in [0.1, 0.15) is 0 Å². The zero-order chi connectivity index (χ0) is 9.97. The van der Waals surface area contributed by atoms with Crippen LogP contribution < -0.4 is 0 Å². The van der Waals surface area contributed by atoms with E-state index in [1.165, 1.54) is 22.9 Å². The highest BCUT2D eigenvalue weighted by atomic mass is 14.9. The minimum atomic E-state index is 1.12. The summed E-state index contributed by atoms with van der Waals surface area (Å²) in [5, 5.41) is 1.37. The molecule has 1 aromatic heterocycles. The van der Waals surface area contributed by atoms with Crippen LogP contribution in [0.5, 0.6) is 0 Å². The van der Waals surface area contributed by atoms with Crippen molar-refractivity contribution in [1.29, 1.82) is 0 Å². The van der Waals surface area contributed by atoms with E-state index in [9.17, 15) is 0 Å². The molecule has 0 fully saturated rings. The SMILES string of the molecule is CCCn1ccc2cccc(CC)c21. The van der Waals surface area contributed by atoms with Crippen molar-refractivity contribution in [3.05, 3.63) is 36.0 Å². The lowest BCUT2D eigenvalue weighted by atomic mass is 10.1. The summed E-state index contributed by atoms with van der Waals surface area (Å²) in [6.07, 6.45) is 4.51. The van der Waals surface area contributed by atoms with Crippen molar-refractivity contribution in [3.63, 3.8) is 0 Å². The zero-order valence-electron chi connectivity index (χ0n) is 8.96. The summed E-state index contributed by atoms with van der Waals surface area (Å²) in [6, 6.07) is 8.79. The average molecular weight is 187 g/mol. The Kier molecular flexibility index (Phi) is 2.58. The van der Waals surface area contributed by atoms with Crippen molar-refractivity contribution >= 4 is 10.9 Å². The Morgan fingerprint density at radius 1 is 1.14 bits per heavy atom. The fourth-order valence-electron chi connectivity index (χ4n) is 2.05. The number of aryl methyl sites for hydroxylation is 2. The van der Waals surface area contributed by atoms with Gasteiger partial charge in [-0.05, 0) is 29.9 Å². The standard InChI is InChI=1S/C13H17N/c1-3-9-14-10-8-12-7-5-6-11(4-2)13(12)14/h5-8,10H,3-4,9H2,1-2H3. The second-order valence-electron chi connectivity index (χ2n) is 3.72. The average Bonchev–Trinajstić information content (AvgIpc) is 2.62. The summed E-state index contributed by atoms with van der Waals surface area (Å²) in [7, 11) is 0. The van der Waals surface area contributed by atoms with Crippen LogP contribution in [0, 0.1) is 0 Å². The Morgan fingerprint density at radius 2 is 2.00 bits per heavy atom. The molecular weight excluding hydrogens is 170 g/mol. The third-order valence-electron chi connectivity index (χ3n) is 2.72. The van der Waals surface area contributed by atoms with Gasteiger partial charge in [-0.2, -0.15) is 0 Å². The maximum absolute atomic E-state index is 2.37. The summed E-state index contributed by atoms with van der Waals surface area (Å²) in [5.74, 6) is 0. The van der Waals surface area contributed by atoms with Crippen molar-refractivity contribution in [3.8, 4) is 0 Å². The van der Waals surface area contributed by atoms with Gasteiger partial charge < -0.3 is 4.57 Å². The van der Waals surface area contributed by atoms with Gasteiger partial charge in [-0.3, -0.25) is 0 Å². The summed E-state index contributed by atoms with van der Waals surface area (Å²) in [6.45, 7) is 5.57. The first-order chi connectivity index (χ1) is 6.86. The molecule has 0 spiro atoms. The Bertz CT molecular complexity index is 426. The summed E-state index contributed by atoms with van der Waals surface area (Å²) in [5.41, 5.74) is 2.89. The molecular formula is C13H17N. The highest BCUT2D eigenvalue weighted by molar-refractivity contribution is 5.83. The molecule has 0 saturated heterocycles. The predicted octanol–water partition coefficient (Wildman–Crippen LogP) is 3.61. The van der Waals surface area contributed by atoms with E-state index in [4.69, 9.17) is 0 Å². The lowest BCUT2D eigenvalue weighted by molar-refractivity contribution is 0.701. The van der Waals surface area contributed by atoms with Crippen molar-refractivity contribution in [2.75, 3.05) is 0 Å². The van der Waals surface area contributed by atoms with Crippen LogP contribution in [-0.4, -0.2) is 4.57 Å². The van der Waals surface area contributed by atoms with Crippen LogP contribution in [0.1, 0.15) is 25.8 Å². The monoisotopic (exact) mass is 187 g/mol. The minimum absolute atomic E-state index is 1.12. The third kappa shape index (κ3) is 1.43. The van der Waals surface area contributed by atoms with E-state index < -0.39 is 0 Å². The summed E-state index contributed by atoms with van der Waals surface area (Å²) < 4.78 is 2.37. The highest BCUT2D eigenvalue weighted by Gasteiger charge is 2.03. The maximum Gasteiger partial charge on any atom is 0.0512 e. The molecule has 0 atom stereocenters. The fraction of sp³-hybridized carbons (Fsp3) is 0.385. The van der Waals surface area contributed by atoms with E-state index in [1.807, 2.05) is 0 Å². The second kappa shape index (κ2) is 3.87. The topological polar surface area (TPSA) is 4.93 Å². The van der Waals surface area contributed by atoms with Crippen molar-refractivity contribution in [1.82, 2.24) is 4.57 Å². The predicted molar refractivity (Wildman–Crippen MR) is 61.6 cm³/mol. The van der Waals surface area contributed by atoms with Gasteiger partial charge in [0, 0.05) is 12.7 Å². The molecule has 1 nitrogen and oxygen atoms in total. The van der Waals surface area contributed by atoms with Gasteiger partial charge in [0.25, 0.3) is 0 Å². The molecule has 0 unspecified atom stereocenters. The first-order valence-electron chi connectivity index (χ1n) is 5.43. The Labute approximate surface area is 85.4 Å². The highest BCUT2D eigenvalue weighted by Crippen LogP contribution is 2.20. The largest absolute Gasteiger partial charge is 0.347 e. The number of aromatic nitrogens is 1. The first kappa shape index (κ1) is 9.32. The molecule has 0 radical (unpaired) electrons. The van der Waals surface area contributed by atoms with Gasteiger partial charge in [-0.25, -0.2) is 0 Å². The van der Waals surface area contributed by atoms with Crippen LogP contribution in [0.25, 0.3) is 10.9 Å². The van der Waals surface area contributed by atoms with Crippen molar-refractivity contribution < 1.29 is 0 Å². The van der Waals surface area contributed by atoms with Crippen molar-refractivity contribution in [2.24, 2.45) is 0 Å². The number of benzene rings is 1. The molecule has 0 saturated carbocycles. The first-order valence-corrected chi connectivity index (χ1v) is 5.43. The lowest BCUT2D eigenvalue weighted by Crippen LogP contribution is -1.96. The molecule has 2 rings (SSSR count). The van der Waals surface area contributed by atoms with Crippen LogP contribution >= 0.6 is 0 Å². The van der Waals surface area contributed by atoms with Crippen LogP contribution in [0.2, 0.25) is 0 Å². The summed E-state index contributed by atoms with van der Waals surface area (Å²) in [4.78, 5) is 0. The second-order valence-corrected chi connectivity index (χ2v) is 3.72. The number of fused-ring (bicyclic) bond motifs is 1. The summed E-state index contributed by atoms with van der Waals surface area (Å²) >= 11 is 0. The number of rotatable bonds is 3. The van der Waals surface area contributed by atoms with Crippen LogP contribution in [0.3, 0.4) is 0 Å². The minimum Gasteiger partial charge on any atom is -0.347 e. The quantitative estimate of drug-likeness (QED) is 0.691. The van der Waals surface area contributed by atoms with E-state index >= 15 is 0 Å². The van der Waals surface area contributed by atoms with E-state index in [0.29, 0.717) is 0 Å². The molecule has 0 aliphatic heterocycles. The van der Waals surface area contributed by atoms with E-state index in [0.717, 1.165) is 13.0 Å². The molecule has 1 heteroatoms. The van der Waals surface area contributed by atoms with Gasteiger partial charge in [0.05, 0.1) is 5.52 Å². The maximum atomic E-state index is 2.37. The molecule has 1 heterocycles. The van der Waals surface area contributed by atoms with E-state index in [-0.39, 0.29) is 0 Å². The molecule has 0 amide bonds. The number of hydrogen-bond acceptors (Lipinski definition) is 0. The van der Waals surface area contributed by atoms with Crippen LogP contribution in [-0.2, 0) is 13.0 Å². The van der Waals surface area contributed by atoms with Crippen LogP contribution in [0.4, 0.5) is 0 Å². The normalized spacial score (nSPS) is 11.0. The fourth-order valence-corrected chi connectivity index (χ4v) is 2.05. The molecule has 2 aromatic rings. The van der Waals surface area contributed by atoms with Gasteiger partial charge in [0.15, 0.2) is 0 Å². The molecule has 14 heavy (non-hydrogen) atoms. The number of hydrogen-bond donors (Lipinski definition) is 0. The molecule has 0 bridgehead atoms. The molecule has 0 aliphatic carbocycles. The Morgan fingerprint density at radius 3 is 2.71 bits per heavy atom. The lowest BCUT2D eigenvalue weighted by Gasteiger charge is -2.06. The molecule has 0 aliphatic rings. The smallest absolute Gasteiger partial charge is 0.0512 e. The van der Waals surface area contributed by atoms with Gasteiger partial charge in [-0.1, -0.05) is 32.0 Å². The van der Waals surface area contributed by atoms with Crippen LogP contribution in [0.15, 0.2) is 30.5 Å². The van der Waals surface area contributed by atoms with Crippen molar-refractivity contribution in [2.45, 2.75) is 33.2 Å². The van der Waals surface area contributed by atoms with Gasteiger partial charge >= 0.3 is 0 Å². The number of para-hydroxylation sites is 1. The molecule has 0 N–H and O–H groups in total. The van der Waals surface area contributed by atoms with E-state index in [1.54, 1.807) is 0 Å². The van der Waals surface area contributed by atoms with Gasteiger partial charge in [-0.15, -0.1) is 0 Å². The van der Waals surface area contributed by atoms with E-state index in [2.05, 4.69) is 48.9 Å². The number of nitrogens with zero attached hydrogens (tertiary/aromatic N) is 1.